The van der Waals surface area contributed by atoms with Crippen LogP contribution in [-0.4, -0.2) is 21.8 Å². The molecule has 0 amide bonds. The number of nitrogens with two attached hydrogens (primary N) is 1. The van der Waals surface area contributed by atoms with E-state index in [1.807, 2.05) is 6.92 Å². The maximum absolute atomic E-state index is 5.26. The lowest BCUT2D eigenvalue weighted by molar-refractivity contribution is 0.191. The molecular formula is C5H11N5O. The van der Waals surface area contributed by atoms with Gasteiger partial charge in [0.1, 0.15) is 0 Å². The smallest absolute Gasteiger partial charge is 0.267 e. The van der Waals surface area contributed by atoms with Crippen molar-refractivity contribution < 1.29 is 4.84 Å². The third-order valence-electron chi connectivity index (χ3n) is 0.972. The molecule has 0 bridgehead atoms. The second-order valence-corrected chi connectivity index (χ2v) is 1.99. The van der Waals surface area contributed by atoms with E-state index in [2.05, 4.69) is 20.7 Å². The summed E-state index contributed by atoms with van der Waals surface area (Å²) in [5.74, 6) is 0.628. The van der Waals surface area contributed by atoms with Gasteiger partial charge in [-0.3, -0.25) is 4.84 Å². The molecule has 0 unspecified atom stereocenters. The van der Waals surface area contributed by atoms with Gasteiger partial charge in [0.05, 0.1) is 6.61 Å². The van der Waals surface area contributed by atoms with E-state index < -0.39 is 0 Å². The molecule has 6 heteroatoms. The number of H-pyrrole nitrogens is 1. The molecule has 1 aromatic rings. The van der Waals surface area contributed by atoms with Gasteiger partial charge in [0.15, 0.2) is 0 Å². The molecule has 0 aromatic carbocycles. The van der Waals surface area contributed by atoms with Gasteiger partial charge in [-0.2, -0.15) is 4.98 Å². The van der Waals surface area contributed by atoms with Crippen molar-refractivity contribution in [3.05, 3.63) is 0 Å². The molecule has 0 aliphatic carbocycles. The van der Waals surface area contributed by atoms with Crippen molar-refractivity contribution in [3.8, 4) is 0 Å². The molecule has 0 radical (unpaired) electrons. The van der Waals surface area contributed by atoms with Crippen LogP contribution in [0, 0.1) is 0 Å². The summed E-state index contributed by atoms with van der Waals surface area (Å²) in [7, 11) is 0. The van der Waals surface area contributed by atoms with Crippen molar-refractivity contribution in [1.29, 1.82) is 0 Å². The van der Waals surface area contributed by atoms with Gasteiger partial charge in [-0.25, -0.2) is 10.6 Å². The number of anilines is 2. The Hall–Kier alpha value is -1.30. The first kappa shape index (κ1) is 7.80. The molecule has 0 aliphatic heterocycles. The van der Waals surface area contributed by atoms with Crippen molar-refractivity contribution in [1.82, 2.24) is 15.2 Å². The van der Waals surface area contributed by atoms with E-state index in [9.17, 15) is 0 Å². The summed E-state index contributed by atoms with van der Waals surface area (Å²) in [4.78, 5) is 8.69. The highest BCUT2D eigenvalue weighted by Gasteiger charge is 1.96. The van der Waals surface area contributed by atoms with Gasteiger partial charge in [0.2, 0.25) is 5.95 Å². The monoisotopic (exact) mass is 157 g/mol. The SMILES string of the molecule is CCCONc1n[nH]c(N)n1. The van der Waals surface area contributed by atoms with Crippen LogP contribution in [0.2, 0.25) is 0 Å². The van der Waals surface area contributed by atoms with E-state index >= 15 is 0 Å². The van der Waals surface area contributed by atoms with Crippen LogP contribution in [0.4, 0.5) is 11.9 Å². The van der Waals surface area contributed by atoms with Crippen molar-refractivity contribution in [2.75, 3.05) is 17.8 Å². The molecule has 1 heterocycles. The Kier molecular flexibility index (Phi) is 2.67. The van der Waals surface area contributed by atoms with E-state index in [4.69, 9.17) is 10.6 Å². The maximum atomic E-state index is 5.26. The topological polar surface area (TPSA) is 88.8 Å². The molecule has 0 fully saturated rings. The van der Waals surface area contributed by atoms with Gasteiger partial charge in [-0.05, 0) is 6.42 Å². The Labute approximate surface area is 64.1 Å². The zero-order valence-electron chi connectivity index (χ0n) is 6.29. The molecular weight excluding hydrogens is 146 g/mol. The first-order valence-electron chi connectivity index (χ1n) is 3.38. The van der Waals surface area contributed by atoms with Crippen LogP contribution in [0.15, 0.2) is 0 Å². The Bertz CT molecular complexity index is 210. The lowest BCUT2D eigenvalue weighted by atomic mass is 10.5. The van der Waals surface area contributed by atoms with Gasteiger partial charge in [-0.1, -0.05) is 6.92 Å². The molecule has 11 heavy (non-hydrogen) atoms. The van der Waals surface area contributed by atoms with E-state index in [1.54, 1.807) is 0 Å². The van der Waals surface area contributed by atoms with Gasteiger partial charge < -0.3 is 5.73 Å². The van der Waals surface area contributed by atoms with Gasteiger partial charge >= 0.3 is 0 Å². The summed E-state index contributed by atoms with van der Waals surface area (Å²) in [6, 6.07) is 0. The zero-order valence-corrected chi connectivity index (χ0v) is 6.29. The van der Waals surface area contributed by atoms with Gasteiger partial charge in [0, 0.05) is 0 Å². The summed E-state index contributed by atoms with van der Waals surface area (Å²) >= 11 is 0. The summed E-state index contributed by atoms with van der Waals surface area (Å²) in [6.07, 6.45) is 0.937. The van der Waals surface area contributed by atoms with E-state index in [0.29, 0.717) is 12.6 Å². The third-order valence-corrected chi connectivity index (χ3v) is 0.972. The van der Waals surface area contributed by atoms with Gasteiger partial charge in [0.25, 0.3) is 5.95 Å². The first-order valence-corrected chi connectivity index (χ1v) is 3.38. The molecule has 0 saturated heterocycles. The highest BCUT2D eigenvalue weighted by Crippen LogP contribution is 1.97. The highest BCUT2D eigenvalue weighted by molar-refractivity contribution is 5.26. The van der Waals surface area contributed by atoms with Crippen LogP contribution in [0.25, 0.3) is 0 Å². The molecule has 6 nitrogen and oxygen atoms in total. The van der Waals surface area contributed by atoms with E-state index in [0.717, 1.165) is 6.42 Å². The molecule has 1 rings (SSSR count). The largest absolute Gasteiger partial charge is 0.368 e. The minimum atomic E-state index is 0.271. The Morgan fingerprint density at radius 2 is 2.55 bits per heavy atom. The predicted molar refractivity (Wildman–Crippen MR) is 40.7 cm³/mol. The molecule has 0 spiro atoms. The van der Waals surface area contributed by atoms with Gasteiger partial charge in [-0.15, -0.1) is 5.10 Å². The Morgan fingerprint density at radius 1 is 1.73 bits per heavy atom. The minimum absolute atomic E-state index is 0.271. The third kappa shape index (κ3) is 2.42. The van der Waals surface area contributed by atoms with Crippen LogP contribution in [0.3, 0.4) is 0 Å². The van der Waals surface area contributed by atoms with Crippen molar-refractivity contribution in [2.24, 2.45) is 0 Å². The number of aromatic amines is 1. The lowest BCUT2D eigenvalue weighted by Gasteiger charge is -1.98. The standard InChI is InChI=1S/C5H11N5O/c1-2-3-11-10-5-7-4(6)8-9-5/h2-3H2,1H3,(H4,6,7,8,9,10). The summed E-state index contributed by atoms with van der Waals surface area (Å²) < 4.78 is 0. The predicted octanol–water partition coefficient (Wildman–Crippen LogP) is 0.140. The Balaban J connectivity index is 2.27. The average molecular weight is 157 g/mol. The number of nitrogens with zero attached hydrogens (tertiary/aromatic N) is 2. The van der Waals surface area contributed by atoms with E-state index in [-0.39, 0.29) is 5.95 Å². The number of rotatable bonds is 4. The maximum Gasteiger partial charge on any atom is 0.267 e. The second-order valence-electron chi connectivity index (χ2n) is 1.99. The van der Waals surface area contributed by atoms with E-state index in [1.165, 1.54) is 0 Å². The molecule has 62 valence electrons. The average Bonchev–Trinajstić information content (AvgIpc) is 2.37. The number of nitrogen functional groups attached to an aromatic ring is 1. The normalized spacial score (nSPS) is 9.91. The van der Waals surface area contributed by atoms with Crippen LogP contribution in [0.1, 0.15) is 13.3 Å². The molecule has 4 N–H and O–H groups in total. The number of hydrogen-bond acceptors (Lipinski definition) is 5. The number of hydrogen-bond donors (Lipinski definition) is 3. The highest BCUT2D eigenvalue weighted by atomic mass is 16.6. The minimum Gasteiger partial charge on any atom is -0.368 e. The fourth-order valence-corrected chi connectivity index (χ4v) is 0.538. The summed E-state index contributed by atoms with van der Waals surface area (Å²) in [5, 5.41) is 6.16. The quantitative estimate of drug-likeness (QED) is 0.427. The van der Waals surface area contributed by atoms with Crippen molar-refractivity contribution >= 4 is 11.9 Å². The molecule has 0 aliphatic rings. The van der Waals surface area contributed by atoms with Crippen LogP contribution in [0.5, 0.6) is 0 Å². The molecule has 0 saturated carbocycles. The summed E-state index contributed by atoms with van der Waals surface area (Å²) in [5.41, 5.74) is 7.79. The Morgan fingerprint density at radius 3 is 3.09 bits per heavy atom. The first-order chi connectivity index (χ1) is 5.33. The zero-order chi connectivity index (χ0) is 8.10. The summed E-state index contributed by atoms with van der Waals surface area (Å²) in [6.45, 7) is 2.63. The number of aromatic nitrogens is 3. The fraction of sp³-hybridized carbons (Fsp3) is 0.600. The lowest BCUT2D eigenvalue weighted by Crippen LogP contribution is -2.03. The number of nitrogens with one attached hydrogen (secondary N) is 2. The fourth-order valence-electron chi connectivity index (χ4n) is 0.538. The van der Waals surface area contributed by atoms with Crippen LogP contribution in [-0.2, 0) is 4.84 Å². The van der Waals surface area contributed by atoms with Crippen molar-refractivity contribution in [3.63, 3.8) is 0 Å². The molecule has 1 aromatic heterocycles. The second kappa shape index (κ2) is 3.77. The van der Waals surface area contributed by atoms with Crippen LogP contribution >= 0.6 is 0 Å². The van der Waals surface area contributed by atoms with Crippen LogP contribution < -0.4 is 11.2 Å². The van der Waals surface area contributed by atoms with Crippen molar-refractivity contribution in [2.45, 2.75) is 13.3 Å². The molecule has 0 atom stereocenters.